The van der Waals surface area contributed by atoms with Gasteiger partial charge in [-0.1, -0.05) is 31.9 Å². The third kappa shape index (κ3) is 8.01. The van der Waals surface area contributed by atoms with Gasteiger partial charge in [0.05, 0.1) is 7.11 Å². The Morgan fingerprint density at radius 2 is 2.03 bits per heavy atom. The van der Waals surface area contributed by atoms with E-state index in [-0.39, 0.29) is 35.9 Å². The van der Waals surface area contributed by atoms with Crippen LogP contribution in [0.3, 0.4) is 0 Å². The van der Waals surface area contributed by atoms with E-state index in [4.69, 9.17) is 9.73 Å². The number of thioether (sulfide) groups is 1. The molecule has 0 radical (unpaired) electrons. The van der Waals surface area contributed by atoms with Gasteiger partial charge in [0.15, 0.2) is 5.96 Å². The minimum absolute atomic E-state index is 0. The molecule has 0 bridgehead atoms. The maximum atomic E-state index is 12.7. The Morgan fingerprint density at radius 1 is 1.28 bits per heavy atom. The highest BCUT2D eigenvalue weighted by atomic mass is 127. The first-order valence-corrected chi connectivity index (χ1v) is 12.7. The average molecular weight is 575 g/mol. The molecule has 2 aliphatic rings. The average Bonchev–Trinajstić information content (AvgIpc) is 3.48. The number of carbonyl (C=O) groups is 1. The number of rotatable bonds is 9. The highest BCUT2D eigenvalue weighted by Crippen LogP contribution is 2.30. The Kier molecular flexibility index (Phi) is 12.0. The number of benzene rings is 1. The summed E-state index contributed by atoms with van der Waals surface area (Å²) >= 11 is 1.81. The van der Waals surface area contributed by atoms with Crippen molar-refractivity contribution in [3.8, 4) is 5.75 Å². The van der Waals surface area contributed by atoms with Crippen LogP contribution < -0.4 is 15.4 Å². The number of hydrogen-bond acceptors (Lipinski definition) is 4. The number of ether oxygens (including phenoxy) is 1. The van der Waals surface area contributed by atoms with Crippen molar-refractivity contribution in [1.29, 1.82) is 0 Å². The molecule has 0 spiro atoms. The van der Waals surface area contributed by atoms with E-state index in [0.29, 0.717) is 11.8 Å². The molecular weight excluding hydrogens is 535 g/mol. The molecule has 1 aliphatic carbocycles. The minimum Gasteiger partial charge on any atom is -0.496 e. The monoisotopic (exact) mass is 574 g/mol. The lowest BCUT2D eigenvalue weighted by Gasteiger charge is -2.21. The van der Waals surface area contributed by atoms with Crippen LogP contribution >= 0.6 is 35.7 Å². The Hall–Kier alpha value is -1.16. The zero-order valence-corrected chi connectivity index (χ0v) is 22.8. The molecule has 1 heterocycles. The van der Waals surface area contributed by atoms with Gasteiger partial charge in [-0.2, -0.15) is 0 Å². The van der Waals surface area contributed by atoms with Gasteiger partial charge in [0, 0.05) is 48.8 Å². The van der Waals surface area contributed by atoms with Crippen LogP contribution in [0.2, 0.25) is 0 Å². The van der Waals surface area contributed by atoms with Gasteiger partial charge in [0.1, 0.15) is 5.75 Å². The third-order valence-corrected chi connectivity index (χ3v) is 7.43. The fourth-order valence-electron chi connectivity index (χ4n) is 4.29. The van der Waals surface area contributed by atoms with Crippen molar-refractivity contribution in [2.45, 2.75) is 56.9 Å². The van der Waals surface area contributed by atoms with E-state index >= 15 is 0 Å². The summed E-state index contributed by atoms with van der Waals surface area (Å²) in [5, 5.41) is 6.92. The van der Waals surface area contributed by atoms with E-state index in [2.05, 4.69) is 35.4 Å². The molecular formula is C24H39IN4O2S. The number of halogens is 1. The second kappa shape index (κ2) is 14.2. The van der Waals surface area contributed by atoms with E-state index in [0.717, 1.165) is 62.9 Å². The van der Waals surface area contributed by atoms with Gasteiger partial charge >= 0.3 is 0 Å². The number of aliphatic imine (C=N–C) groups is 1. The number of amides is 1. The summed E-state index contributed by atoms with van der Waals surface area (Å²) in [7, 11) is 1.72. The van der Waals surface area contributed by atoms with Crippen molar-refractivity contribution < 1.29 is 9.53 Å². The highest BCUT2D eigenvalue weighted by Gasteiger charge is 2.32. The fourth-order valence-corrected chi connectivity index (χ4v) is 5.33. The molecule has 2 fully saturated rings. The van der Waals surface area contributed by atoms with Crippen molar-refractivity contribution in [3.05, 3.63) is 24.3 Å². The van der Waals surface area contributed by atoms with Crippen LogP contribution in [0.5, 0.6) is 5.75 Å². The van der Waals surface area contributed by atoms with Crippen molar-refractivity contribution in [1.82, 2.24) is 15.5 Å². The predicted octanol–water partition coefficient (Wildman–Crippen LogP) is 4.39. The first-order chi connectivity index (χ1) is 15.1. The molecule has 32 heavy (non-hydrogen) atoms. The number of guanidine groups is 1. The molecule has 180 valence electrons. The standard InChI is InChI=1S/C24H38N4O2S.HI/c1-4-25-24(26-15-18(2)17-31-22-12-8-7-11-21(22)30-3)27-20-13-14-28(16-20)23(29)19-9-5-6-10-19;/h7-8,11-12,18-20H,4-6,9-10,13-17H2,1-3H3,(H2,25,26,27);1H. The summed E-state index contributed by atoms with van der Waals surface area (Å²) in [6.07, 6.45) is 5.54. The molecule has 1 amide bonds. The number of nitrogens with zero attached hydrogens (tertiary/aromatic N) is 2. The van der Waals surface area contributed by atoms with Gasteiger partial charge in [-0.3, -0.25) is 9.79 Å². The van der Waals surface area contributed by atoms with E-state index < -0.39 is 0 Å². The van der Waals surface area contributed by atoms with E-state index in [1.165, 1.54) is 17.7 Å². The number of nitrogens with one attached hydrogen (secondary N) is 2. The fraction of sp³-hybridized carbons (Fsp3) is 0.667. The molecule has 1 aliphatic heterocycles. The molecule has 1 saturated carbocycles. The zero-order chi connectivity index (χ0) is 22.1. The first-order valence-electron chi connectivity index (χ1n) is 11.7. The van der Waals surface area contributed by atoms with Crippen LogP contribution in [-0.2, 0) is 4.79 Å². The van der Waals surface area contributed by atoms with Crippen molar-refractivity contribution in [2.75, 3.05) is 39.0 Å². The summed E-state index contributed by atoms with van der Waals surface area (Å²) in [4.78, 5) is 20.8. The molecule has 6 nitrogen and oxygen atoms in total. The Morgan fingerprint density at radius 3 is 2.75 bits per heavy atom. The van der Waals surface area contributed by atoms with Gasteiger partial charge in [0.25, 0.3) is 0 Å². The number of carbonyl (C=O) groups excluding carboxylic acids is 1. The third-order valence-electron chi connectivity index (χ3n) is 6.04. The lowest BCUT2D eigenvalue weighted by Crippen LogP contribution is -2.45. The maximum Gasteiger partial charge on any atom is 0.225 e. The van der Waals surface area contributed by atoms with Gasteiger partial charge in [0.2, 0.25) is 5.91 Å². The quantitative estimate of drug-likeness (QED) is 0.198. The zero-order valence-electron chi connectivity index (χ0n) is 19.6. The lowest BCUT2D eigenvalue weighted by molar-refractivity contribution is -0.134. The molecule has 1 saturated heterocycles. The second-order valence-electron chi connectivity index (χ2n) is 8.68. The van der Waals surface area contributed by atoms with Crippen LogP contribution in [0.25, 0.3) is 0 Å². The van der Waals surface area contributed by atoms with Gasteiger partial charge in [-0.15, -0.1) is 35.7 Å². The Labute approximate surface area is 214 Å². The molecule has 2 atom stereocenters. The summed E-state index contributed by atoms with van der Waals surface area (Å²) in [5.74, 6) is 3.84. The molecule has 8 heteroatoms. The number of methoxy groups -OCH3 is 1. The maximum absolute atomic E-state index is 12.7. The number of likely N-dealkylation sites (tertiary alicyclic amines) is 1. The minimum atomic E-state index is 0. The van der Waals surface area contributed by atoms with Gasteiger partial charge in [-0.25, -0.2) is 0 Å². The number of hydrogen-bond donors (Lipinski definition) is 2. The summed E-state index contributed by atoms with van der Waals surface area (Å²) in [5.41, 5.74) is 0. The second-order valence-corrected chi connectivity index (χ2v) is 9.74. The number of para-hydroxylation sites is 1. The first kappa shape index (κ1) is 27.1. The Balaban J connectivity index is 0.00000363. The molecule has 0 aromatic heterocycles. The largest absolute Gasteiger partial charge is 0.496 e. The molecule has 1 aromatic rings. The van der Waals surface area contributed by atoms with Crippen LogP contribution in [0.4, 0.5) is 0 Å². The van der Waals surface area contributed by atoms with Crippen molar-refractivity contribution >= 4 is 47.6 Å². The van der Waals surface area contributed by atoms with Gasteiger partial charge < -0.3 is 20.3 Å². The van der Waals surface area contributed by atoms with Crippen molar-refractivity contribution in [3.63, 3.8) is 0 Å². The van der Waals surface area contributed by atoms with E-state index in [1.54, 1.807) is 7.11 Å². The summed E-state index contributed by atoms with van der Waals surface area (Å²) in [6, 6.07) is 8.42. The van der Waals surface area contributed by atoms with Crippen LogP contribution in [0, 0.1) is 11.8 Å². The lowest BCUT2D eigenvalue weighted by atomic mass is 10.1. The van der Waals surface area contributed by atoms with Crippen LogP contribution in [0.1, 0.15) is 46.0 Å². The molecule has 1 aromatic carbocycles. The van der Waals surface area contributed by atoms with Crippen LogP contribution in [-0.4, -0.2) is 61.9 Å². The van der Waals surface area contributed by atoms with Crippen LogP contribution in [0.15, 0.2) is 34.2 Å². The molecule has 3 rings (SSSR count). The molecule has 2 unspecified atom stereocenters. The topological polar surface area (TPSA) is 66.0 Å². The summed E-state index contributed by atoms with van der Waals surface area (Å²) in [6.45, 7) is 7.55. The van der Waals surface area contributed by atoms with Gasteiger partial charge in [-0.05, 0) is 44.2 Å². The molecule has 2 N–H and O–H groups in total. The highest BCUT2D eigenvalue weighted by molar-refractivity contribution is 14.0. The Bertz CT molecular complexity index is 742. The predicted molar refractivity (Wildman–Crippen MR) is 144 cm³/mol. The van der Waals surface area contributed by atoms with Crippen molar-refractivity contribution in [2.24, 2.45) is 16.8 Å². The summed E-state index contributed by atoms with van der Waals surface area (Å²) < 4.78 is 5.44. The van der Waals surface area contributed by atoms with E-state index in [1.807, 2.05) is 30.0 Å². The SMILES string of the molecule is CCNC(=NCC(C)CSc1ccccc1OC)NC1CCN(C(=O)C2CCCC2)C1.I. The normalized spacial score (nSPS) is 20.0. The van der Waals surface area contributed by atoms with E-state index in [9.17, 15) is 4.79 Å². The smallest absolute Gasteiger partial charge is 0.225 e.